The number of carboxylic acids is 1. The van der Waals surface area contributed by atoms with Gasteiger partial charge in [0, 0.05) is 0 Å². The summed E-state index contributed by atoms with van der Waals surface area (Å²) in [7, 11) is 0. The summed E-state index contributed by atoms with van der Waals surface area (Å²) in [6.45, 7) is 0. The number of ketones is 1. The van der Waals surface area contributed by atoms with Crippen LogP contribution in [0.5, 0.6) is 0 Å². The topological polar surface area (TPSA) is 118 Å². The van der Waals surface area contributed by atoms with Gasteiger partial charge >= 0.3 is 18.9 Å². The number of aliphatic hydroxyl groups excluding tert-OH is 3. The molecule has 0 aliphatic heterocycles. The van der Waals surface area contributed by atoms with Crippen LogP contribution in [0.3, 0.4) is 0 Å². The van der Waals surface area contributed by atoms with E-state index in [1.165, 1.54) is 0 Å². The van der Waals surface area contributed by atoms with E-state index in [2.05, 4.69) is 0 Å². The van der Waals surface area contributed by atoms with Crippen LogP contribution in [0, 0.1) is 0 Å². The molecule has 0 heterocycles. The summed E-state index contributed by atoms with van der Waals surface area (Å²) in [5.74, 6) is -5.42. The van der Waals surface area contributed by atoms with Gasteiger partial charge in [-0.1, -0.05) is 11.6 Å². The van der Waals surface area contributed by atoms with Crippen molar-refractivity contribution in [2.24, 2.45) is 0 Å². The maximum Gasteiger partial charge on any atom is 1.00 e. The summed E-state index contributed by atoms with van der Waals surface area (Å²) in [5.41, 5.74) is -0.990. The molecule has 3 N–H and O–H groups in total. The summed E-state index contributed by atoms with van der Waals surface area (Å²) in [6.07, 6.45) is -2.12. The van der Waals surface area contributed by atoms with Crippen LogP contribution in [-0.2, 0) is 9.59 Å². The van der Waals surface area contributed by atoms with Gasteiger partial charge in [0.05, 0.1) is 16.6 Å². The predicted molar refractivity (Wildman–Crippen MR) is 41.2 cm³/mol. The van der Waals surface area contributed by atoms with E-state index in [9.17, 15) is 14.7 Å². The number of aliphatic hydroxyl groups is 3. The first-order chi connectivity index (χ1) is 6.37. The molecule has 1 atom stereocenters. The van der Waals surface area contributed by atoms with Crippen LogP contribution in [0.2, 0.25) is 0 Å². The molecule has 0 fully saturated rings. The van der Waals surface area contributed by atoms with Gasteiger partial charge in [-0.3, -0.25) is 4.79 Å². The van der Waals surface area contributed by atoms with Crippen molar-refractivity contribution < 1.29 is 48.9 Å². The van der Waals surface area contributed by atoms with Crippen LogP contribution in [0.1, 0.15) is 0 Å². The van der Waals surface area contributed by atoms with E-state index in [0.29, 0.717) is 0 Å². The molecule has 1 unspecified atom stereocenters. The first kappa shape index (κ1) is 14.1. The molecule has 0 saturated carbocycles. The van der Waals surface area contributed by atoms with E-state index in [0.717, 1.165) is 0 Å². The SMILES string of the molecule is O=C([O-])C1=C(O)C(O)C(=O)C(O)=C1Cl.[Li+]. The molecule has 1 aliphatic carbocycles. The molecule has 1 aliphatic rings. The maximum atomic E-state index is 10.9. The molecule has 0 bridgehead atoms. The largest absolute Gasteiger partial charge is 1.00 e. The first-order valence-electron chi connectivity index (χ1n) is 3.33. The van der Waals surface area contributed by atoms with Crippen LogP contribution in [-0.4, -0.2) is 33.2 Å². The standard InChI is InChI=1S/C7H5ClO6.Li/c8-2-1(7(13)14)3(9)5(11)6(12)4(2)10;/h5,9-11H,(H,13,14);/q;+1/p-1. The van der Waals surface area contributed by atoms with Gasteiger partial charge in [-0.2, -0.15) is 0 Å². The molecule has 0 aromatic carbocycles. The van der Waals surface area contributed by atoms with Crippen molar-refractivity contribution in [3.8, 4) is 0 Å². The van der Waals surface area contributed by atoms with Gasteiger partial charge in [0.2, 0.25) is 5.78 Å². The van der Waals surface area contributed by atoms with Crippen molar-refractivity contribution in [1.29, 1.82) is 0 Å². The fourth-order valence-corrected chi connectivity index (χ4v) is 1.19. The molecule has 76 valence electrons. The second-order valence-electron chi connectivity index (χ2n) is 2.48. The molecule has 6 nitrogen and oxygen atoms in total. The monoisotopic (exact) mass is 226 g/mol. The zero-order valence-corrected chi connectivity index (χ0v) is 8.28. The Bertz CT molecular complexity index is 385. The molecule has 15 heavy (non-hydrogen) atoms. The van der Waals surface area contributed by atoms with Gasteiger partial charge in [0.1, 0.15) is 5.76 Å². The number of hydrogen-bond donors (Lipinski definition) is 3. The fourth-order valence-electron chi connectivity index (χ4n) is 0.924. The minimum Gasteiger partial charge on any atom is -0.545 e. The Kier molecular flexibility index (Phi) is 4.43. The number of aliphatic carboxylic acids is 1. The number of Topliss-reactive ketones (excluding diaryl/α,β-unsaturated/α-hetero) is 1. The van der Waals surface area contributed by atoms with Crippen molar-refractivity contribution in [3.63, 3.8) is 0 Å². The van der Waals surface area contributed by atoms with Gasteiger partial charge in [-0.25, -0.2) is 0 Å². The van der Waals surface area contributed by atoms with Gasteiger partial charge in [0.15, 0.2) is 11.9 Å². The minimum atomic E-state index is -2.12. The number of carbonyl (C=O) groups excluding carboxylic acids is 2. The average Bonchev–Trinajstić information content (AvgIpc) is 2.11. The Labute approximate surface area is 101 Å². The van der Waals surface area contributed by atoms with Crippen molar-refractivity contribution in [3.05, 3.63) is 22.1 Å². The van der Waals surface area contributed by atoms with Crippen LogP contribution in [0.4, 0.5) is 0 Å². The van der Waals surface area contributed by atoms with Gasteiger partial charge < -0.3 is 25.2 Å². The molecular weight excluding hydrogens is 222 g/mol. The van der Waals surface area contributed by atoms with Gasteiger partial charge in [-0.15, -0.1) is 0 Å². The van der Waals surface area contributed by atoms with Crippen LogP contribution in [0.15, 0.2) is 22.1 Å². The van der Waals surface area contributed by atoms with Gasteiger partial charge in [0.25, 0.3) is 0 Å². The van der Waals surface area contributed by atoms with E-state index in [4.69, 9.17) is 26.9 Å². The minimum absolute atomic E-state index is 0. The van der Waals surface area contributed by atoms with Crippen LogP contribution in [0.25, 0.3) is 0 Å². The summed E-state index contributed by atoms with van der Waals surface area (Å²) >= 11 is 5.24. The molecule has 8 heteroatoms. The molecular formula is C7H4ClLiO6. The Morgan fingerprint density at radius 3 is 2.27 bits per heavy atom. The second kappa shape index (κ2) is 4.73. The zero-order chi connectivity index (χ0) is 11.0. The Morgan fingerprint density at radius 1 is 1.40 bits per heavy atom. The van der Waals surface area contributed by atoms with Crippen molar-refractivity contribution in [2.45, 2.75) is 6.10 Å². The summed E-state index contributed by atoms with van der Waals surface area (Å²) in [4.78, 5) is 21.3. The maximum absolute atomic E-state index is 10.9. The molecule has 0 amide bonds. The normalized spacial score (nSPS) is 21.5. The third-order valence-electron chi connectivity index (χ3n) is 1.63. The smallest absolute Gasteiger partial charge is 0.545 e. The predicted octanol–water partition coefficient (Wildman–Crippen LogP) is -4.50. The molecule has 1 rings (SSSR count). The molecule has 0 aromatic rings. The third kappa shape index (κ3) is 2.18. The Hall–Kier alpha value is -0.933. The first-order valence-corrected chi connectivity index (χ1v) is 3.71. The van der Waals surface area contributed by atoms with E-state index in [-0.39, 0.29) is 18.9 Å². The fraction of sp³-hybridized carbons (Fsp3) is 0.143. The number of carboxylic acid groups (broad SMARTS) is 1. The Balaban J connectivity index is 0.00000196. The van der Waals surface area contributed by atoms with E-state index >= 15 is 0 Å². The Morgan fingerprint density at radius 2 is 1.87 bits per heavy atom. The quantitative estimate of drug-likeness (QED) is 0.388. The zero-order valence-electron chi connectivity index (χ0n) is 7.52. The second-order valence-corrected chi connectivity index (χ2v) is 2.86. The van der Waals surface area contributed by atoms with Crippen molar-refractivity contribution in [1.82, 2.24) is 0 Å². The molecule has 0 saturated heterocycles. The number of halogens is 1. The van der Waals surface area contributed by atoms with Crippen LogP contribution < -0.4 is 24.0 Å². The average molecular weight is 226 g/mol. The molecule has 0 aromatic heterocycles. The number of hydrogen-bond acceptors (Lipinski definition) is 6. The van der Waals surface area contributed by atoms with Gasteiger partial charge in [-0.05, 0) is 0 Å². The van der Waals surface area contributed by atoms with Crippen molar-refractivity contribution >= 4 is 23.4 Å². The summed E-state index contributed by atoms with van der Waals surface area (Å²) < 4.78 is 0. The third-order valence-corrected chi connectivity index (χ3v) is 2.00. The molecule has 0 radical (unpaired) electrons. The van der Waals surface area contributed by atoms with E-state index < -0.39 is 40.0 Å². The van der Waals surface area contributed by atoms with E-state index in [1.807, 2.05) is 0 Å². The summed E-state index contributed by atoms with van der Waals surface area (Å²) in [6, 6.07) is 0. The van der Waals surface area contributed by atoms with Crippen LogP contribution >= 0.6 is 11.6 Å². The summed E-state index contributed by atoms with van der Waals surface area (Å²) in [5, 5.41) is 36.5. The van der Waals surface area contributed by atoms with Crippen molar-refractivity contribution in [2.75, 3.05) is 0 Å². The number of rotatable bonds is 1. The number of carbonyl (C=O) groups is 2. The van der Waals surface area contributed by atoms with E-state index in [1.54, 1.807) is 0 Å². The molecule has 0 spiro atoms.